The number of amides is 1. The minimum Gasteiger partial charge on any atom is -0.351 e. The van der Waals surface area contributed by atoms with Crippen molar-refractivity contribution < 1.29 is 22.7 Å². The van der Waals surface area contributed by atoms with Crippen molar-refractivity contribution in [2.75, 3.05) is 32.8 Å². The van der Waals surface area contributed by atoms with E-state index in [9.17, 15) is 13.2 Å². The van der Waals surface area contributed by atoms with Crippen LogP contribution in [0.1, 0.15) is 44.5 Å². The largest absolute Gasteiger partial charge is 0.351 e. The van der Waals surface area contributed by atoms with Gasteiger partial charge in [-0.25, -0.2) is 8.42 Å². The summed E-state index contributed by atoms with van der Waals surface area (Å²) in [4.78, 5) is 15.1. The summed E-state index contributed by atoms with van der Waals surface area (Å²) < 4.78 is 40.6. The van der Waals surface area contributed by atoms with Crippen molar-refractivity contribution in [1.29, 1.82) is 0 Å². The summed E-state index contributed by atoms with van der Waals surface area (Å²) in [6, 6.07) is 12.5. The number of halogens is 1. The van der Waals surface area contributed by atoms with E-state index in [0.717, 1.165) is 15.8 Å². The van der Waals surface area contributed by atoms with Crippen LogP contribution < -0.4 is 5.32 Å². The Kier molecular flexibility index (Phi) is 10.8. The van der Waals surface area contributed by atoms with Crippen molar-refractivity contribution >= 4 is 43.6 Å². The lowest BCUT2D eigenvalue weighted by Gasteiger charge is -2.34. The van der Waals surface area contributed by atoms with E-state index in [1.54, 1.807) is 16.4 Å². The minimum absolute atomic E-state index is 0.125. The summed E-state index contributed by atoms with van der Waals surface area (Å²) in [6.45, 7) is 9.87. The van der Waals surface area contributed by atoms with E-state index in [4.69, 9.17) is 9.47 Å². The van der Waals surface area contributed by atoms with Gasteiger partial charge in [0.2, 0.25) is 10.0 Å². The molecule has 1 N–H and O–H groups in total. The monoisotopic (exact) mass is 598 g/mol. The van der Waals surface area contributed by atoms with Crippen LogP contribution >= 0.6 is 27.7 Å². The van der Waals surface area contributed by atoms with Crippen LogP contribution in [0.15, 0.2) is 61.6 Å². The van der Waals surface area contributed by atoms with Crippen LogP contribution in [0, 0.1) is 11.8 Å². The summed E-state index contributed by atoms with van der Waals surface area (Å²) in [6.07, 6.45) is 0.429. The zero-order valence-electron chi connectivity index (χ0n) is 21.2. The van der Waals surface area contributed by atoms with E-state index < -0.39 is 16.3 Å². The van der Waals surface area contributed by atoms with E-state index in [1.807, 2.05) is 38.1 Å². The molecule has 0 saturated carbocycles. The van der Waals surface area contributed by atoms with Crippen molar-refractivity contribution in [3.63, 3.8) is 0 Å². The second-order valence-electron chi connectivity index (χ2n) is 9.03. The van der Waals surface area contributed by atoms with Gasteiger partial charge in [-0.1, -0.05) is 41.5 Å². The molecule has 2 unspecified atom stereocenters. The Labute approximate surface area is 227 Å². The number of hydrogen-bond acceptors (Lipinski definition) is 6. The number of carbonyl (C=O) groups excluding carboxylic acids is 1. The lowest BCUT2D eigenvalue weighted by molar-refractivity contribution is -0.131. The first kappa shape index (κ1) is 29.1. The fraction of sp³-hybridized carbons (Fsp3) is 0.500. The molecule has 2 aromatic rings. The summed E-state index contributed by atoms with van der Waals surface area (Å²) in [5, 5.41) is 2.86. The number of hydrogen-bond donors (Lipinski definition) is 1. The molecule has 0 aromatic heterocycles. The second kappa shape index (κ2) is 13.4. The maximum atomic E-state index is 13.5. The van der Waals surface area contributed by atoms with E-state index in [2.05, 4.69) is 35.1 Å². The van der Waals surface area contributed by atoms with Crippen LogP contribution in [0.5, 0.6) is 0 Å². The van der Waals surface area contributed by atoms with Crippen LogP contribution in [0.3, 0.4) is 0 Å². The Morgan fingerprint density at radius 1 is 1.08 bits per heavy atom. The third-order valence-corrected chi connectivity index (χ3v) is 9.28. The molecule has 7 nitrogen and oxygen atoms in total. The van der Waals surface area contributed by atoms with Gasteiger partial charge in [-0.05, 0) is 74.6 Å². The maximum absolute atomic E-state index is 13.5. The number of benzene rings is 2. The molecule has 2 atom stereocenters. The molecule has 0 spiro atoms. The highest BCUT2D eigenvalue weighted by molar-refractivity contribution is 9.10. The summed E-state index contributed by atoms with van der Waals surface area (Å²) in [5.41, 5.74) is 0.300. The van der Waals surface area contributed by atoms with Crippen LogP contribution in [0.4, 0.5) is 0 Å². The highest BCUT2D eigenvalue weighted by Gasteiger charge is 2.32. The minimum atomic E-state index is -3.74. The number of nitrogens with one attached hydrogen (secondary N) is 1. The average molecular weight is 600 g/mol. The molecule has 1 saturated heterocycles. The zero-order chi connectivity index (χ0) is 26.3. The Morgan fingerprint density at radius 2 is 1.69 bits per heavy atom. The quantitative estimate of drug-likeness (QED) is 0.349. The number of ether oxygens (including phenoxy) is 2. The maximum Gasteiger partial charge on any atom is 0.252 e. The van der Waals surface area contributed by atoms with Gasteiger partial charge >= 0.3 is 0 Å². The molecule has 0 bridgehead atoms. The summed E-state index contributed by atoms with van der Waals surface area (Å²) >= 11 is 4.85. The first-order valence-electron chi connectivity index (χ1n) is 12.2. The molecule has 36 heavy (non-hydrogen) atoms. The topological polar surface area (TPSA) is 84.9 Å². The van der Waals surface area contributed by atoms with Gasteiger partial charge in [-0.15, -0.1) is 0 Å². The molecule has 3 rings (SSSR count). The number of piperidine rings is 1. The van der Waals surface area contributed by atoms with Gasteiger partial charge in [-0.3, -0.25) is 4.79 Å². The normalized spacial score (nSPS) is 18.9. The number of nitrogens with zero attached hydrogens (tertiary/aromatic N) is 1. The smallest absolute Gasteiger partial charge is 0.252 e. The third kappa shape index (κ3) is 7.79. The van der Waals surface area contributed by atoms with Crippen LogP contribution in [0.25, 0.3) is 0 Å². The second-order valence-corrected chi connectivity index (χ2v) is 13.0. The number of sulfonamides is 1. The Hall–Kier alpha value is -1.43. The predicted molar refractivity (Wildman–Crippen MR) is 146 cm³/mol. The van der Waals surface area contributed by atoms with Gasteiger partial charge < -0.3 is 14.8 Å². The average Bonchev–Trinajstić information content (AvgIpc) is 2.83. The molecule has 2 aromatic carbocycles. The van der Waals surface area contributed by atoms with E-state index in [0.29, 0.717) is 36.8 Å². The molecule has 1 aliphatic heterocycles. The van der Waals surface area contributed by atoms with Gasteiger partial charge in [0.1, 0.15) is 0 Å². The predicted octanol–water partition coefficient (Wildman–Crippen LogP) is 5.40. The molecule has 10 heteroatoms. The zero-order valence-corrected chi connectivity index (χ0v) is 24.4. The highest BCUT2D eigenvalue weighted by atomic mass is 79.9. The first-order chi connectivity index (χ1) is 17.1. The van der Waals surface area contributed by atoms with Gasteiger partial charge in [-0.2, -0.15) is 4.31 Å². The lowest BCUT2D eigenvalue weighted by Crippen LogP contribution is -2.42. The number of carbonyl (C=O) groups is 1. The Balaban J connectivity index is 1.92. The van der Waals surface area contributed by atoms with E-state index >= 15 is 0 Å². The molecule has 0 radical (unpaired) electrons. The third-order valence-electron chi connectivity index (χ3n) is 5.84. The standard InChI is InChI=1S/C26H35BrN2O5S2/c1-5-33-25(34-6-2)15-28-26(30)23-14-22(36(31,32)29-16-18(3)13-19(4)17-29)11-12-24(23)35-21-9-7-20(27)8-10-21/h7-12,14,18-19,25H,5-6,13,15-17H2,1-4H3,(H,28,30). The van der Waals surface area contributed by atoms with Crippen LogP contribution in [-0.4, -0.2) is 57.8 Å². The van der Waals surface area contributed by atoms with Crippen molar-refractivity contribution in [2.24, 2.45) is 11.8 Å². The summed E-state index contributed by atoms with van der Waals surface area (Å²) in [7, 11) is -3.74. The fourth-order valence-corrected chi connectivity index (χ4v) is 7.22. The fourth-order valence-electron chi connectivity index (χ4n) is 4.33. The van der Waals surface area contributed by atoms with Gasteiger partial charge in [0.25, 0.3) is 5.91 Å². The SMILES string of the molecule is CCOC(CNC(=O)c1cc(S(=O)(=O)N2CC(C)CC(C)C2)ccc1Sc1ccc(Br)cc1)OCC. The number of rotatable bonds is 11. The van der Waals surface area contributed by atoms with Crippen molar-refractivity contribution in [3.05, 3.63) is 52.5 Å². The molecule has 1 heterocycles. The molecule has 198 valence electrons. The van der Waals surface area contributed by atoms with Crippen LogP contribution in [0.2, 0.25) is 0 Å². The van der Waals surface area contributed by atoms with E-state index in [1.165, 1.54) is 17.8 Å². The van der Waals surface area contributed by atoms with Crippen molar-refractivity contribution in [1.82, 2.24) is 9.62 Å². The highest BCUT2D eigenvalue weighted by Crippen LogP contribution is 2.34. The lowest BCUT2D eigenvalue weighted by atomic mass is 9.94. The first-order valence-corrected chi connectivity index (χ1v) is 15.3. The van der Waals surface area contributed by atoms with Crippen molar-refractivity contribution in [2.45, 2.75) is 55.1 Å². The molecule has 1 aliphatic rings. The van der Waals surface area contributed by atoms with Crippen molar-refractivity contribution in [3.8, 4) is 0 Å². The van der Waals surface area contributed by atoms with Gasteiger partial charge in [0.05, 0.1) is 17.0 Å². The van der Waals surface area contributed by atoms with Gasteiger partial charge in [0.15, 0.2) is 6.29 Å². The molecular formula is C26H35BrN2O5S2. The molecule has 0 aliphatic carbocycles. The molecule has 1 amide bonds. The van der Waals surface area contributed by atoms with E-state index in [-0.39, 0.29) is 29.2 Å². The summed E-state index contributed by atoms with van der Waals surface area (Å²) in [5.74, 6) is 0.191. The molecular weight excluding hydrogens is 564 g/mol. The Morgan fingerprint density at radius 3 is 2.28 bits per heavy atom. The van der Waals surface area contributed by atoms with Crippen LogP contribution in [-0.2, 0) is 19.5 Å². The van der Waals surface area contributed by atoms with Gasteiger partial charge in [0, 0.05) is 40.6 Å². The molecule has 1 fully saturated rings. The Bertz CT molecular complexity index is 1110.